The smallest absolute Gasteiger partial charge is 0.380 e. The topological polar surface area (TPSA) is 162 Å². The average molecular weight is 549 g/mol. The molecule has 0 aliphatic carbocycles. The number of anilines is 3. The lowest BCUT2D eigenvalue weighted by atomic mass is 9.95. The number of nitrogens with two attached hydrogens (primary N) is 1. The molecular weight excluding hydrogens is 530 g/mol. The SMILES string of the molecule is CC(O)(C(=O)Nc1cc(F)c2c(N)noc2c1)C1OCCN(c2ccn(-c3ccnc(C(F)(F)F)c3)n2)C1=O. The molecular formula is C23H19F4N7O5. The minimum Gasteiger partial charge on any atom is -0.380 e. The lowest BCUT2D eigenvalue weighted by Gasteiger charge is -2.37. The van der Waals surface area contributed by atoms with Crippen LogP contribution in [0.15, 0.2) is 47.2 Å². The van der Waals surface area contributed by atoms with Gasteiger partial charge in [0.2, 0.25) is 0 Å². The monoisotopic (exact) mass is 549 g/mol. The maximum atomic E-state index is 14.4. The first-order valence-electron chi connectivity index (χ1n) is 11.3. The van der Waals surface area contributed by atoms with Crippen LogP contribution < -0.4 is 16.0 Å². The number of hydrogen-bond donors (Lipinski definition) is 3. The molecule has 0 spiro atoms. The van der Waals surface area contributed by atoms with E-state index in [0.29, 0.717) is 0 Å². The Balaban J connectivity index is 1.35. The summed E-state index contributed by atoms with van der Waals surface area (Å²) in [5.74, 6) is -2.88. The Labute approximate surface area is 215 Å². The Morgan fingerprint density at radius 2 is 2.03 bits per heavy atom. The van der Waals surface area contributed by atoms with Crippen molar-refractivity contribution in [3.05, 3.63) is 54.2 Å². The van der Waals surface area contributed by atoms with Crippen LogP contribution in [0.4, 0.5) is 34.9 Å². The van der Waals surface area contributed by atoms with Gasteiger partial charge in [0.25, 0.3) is 11.8 Å². The molecule has 5 rings (SSSR count). The second-order valence-corrected chi connectivity index (χ2v) is 8.76. The van der Waals surface area contributed by atoms with Gasteiger partial charge in [-0.15, -0.1) is 5.10 Å². The summed E-state index contributed by atoms with van der Waals surface area (Å²) in [6, 6.07) is 5.66. The van der Waals surface area contributed by atoms with Gasteiger partial charge in [-0.25, -0.2) is 9.07 Å². The number of carbonyl (C=O) groups excluding carboxylic acids is 2. The number of aliphatic hydroxyl groups is 1. The lowest BCUT2D eigenvalue weighted by Crippen LogP contribution is -2.61. The number of ether oxygens (including phenoxy) is 1. The molecule has 4 heterocycles. The maximum Gasteiger partial charge on any atom is 0.433 e. The Morgan fingerprint density at radius 3 is 2.77 bits per heavy atom. The number of benzene rings is 1. The highest BCUT2D eigenvalue weighted by molar-refractivity contribution is 6.06. The van der Waals surface area contributed by atoms with Crippen LogP contribution in [0.1, 0.15) is 12.6 Å². The van der Waals surface area contributed by atoms with Gasteiger partial charge in [-0.1, -0.05) is 5.16 Å². The van der Waals surface area contributed by atoms with Crippen LogP contribution in [0.3, 0.4) is 0 Å². The normalized spacial score (nSPS) is 17.8. The molecule has 1 fully saturated rings. The van der Waals surface area contributed by atoms with Crippen LogP contribution in [-0.4, -0.2) is 61.7 Å². The zero-order valence-electron chi connectivity index (χ0n) is 19.9. The van der Waals surface area contributed by atoms with Crippen molar-refractivity contribution in [1.82, 2.24) is 19.9 Å². The van der Waals surface area contributed by atoms with E-state index in [0.717, 1.165) is 34.8 Å². The molecule has 4 N–H and O–H groups in total. The molecule has 39 heavy (non-hydrogen) atoms. The minimum atomic E-state index is -4.66. The standard InChI is InChI=1S/C23H19F4N7O5/c1-22(37,21(36)30-11-8-13(24)17-14(9-11)39-32-19(17)28)18-20(35)33(6-7-38-18)16-3-5-34(31-16)12-2-4-29-15(10-12)23(25,26)27/h2-5,8-10,18,37H,6-7H2,1H3,(H2,28,32)(H,30,36). The first-order chi connectivity index (χ1) is 18.4. The Kier molecular flexibility index (Phi) is 6.22. The molecule has 0 radical (unpaired) electrons. The summed E-state index contributed by atoms with van der Waals surface area (Å²) in [5, 5.41) is 20.9. The van der Waals surface area contributed by atoms with Gasteiger partial charge in [-0.3, -0.25) is 19.5 Å². The molecule has 4 aromatic rings. The number of pyridine rings is 1. The van der Waals surface area contributed by atoms with Gasteiger partial charge in [0, 0.05) is 30.2 Å². The summed E-state index contributed by atoms with van der Waals surface area (Å²) in [6.45, 7) is 0.936. The fourth-order valence-electron chi connectivity index (χ4n) is 4.03. The van der Waals surface area contributed by atoms with Gasteiger partial charge >= 0.3 is 6.18 Å². The zero-order valence-corrected chi connectivity index (χ0v) is 19.9. The third kappa shape index (κ3) is 4.74. The highest BCUT2D eigenvalue weighted by atomic mass is 19.4. The molecule has 3 aromatic heterocycles. The third-order valence-corrected chi connectivity index (χ3v) is 6.02. The number of nitrogen functional groups attached to an aromatic ring is 1. The van der Waals surface area contributed by atoms with E-state index in [1.54, 1.807) is 0 Å². The zero-order chi connectivity index (χ0) is 28.1. The van der Waals surface area contributed by atoms with Crippen LogP contribution in [0.2, 0.25) is 0 Å². The van der Waals surface area contributed by atoms with Crippen molar-refractivity contribution in [2.75, 3.05) is 29.1 Å². The fourth-order valence-corrected chi connectivity index (χ4v) is 4.03. The highest BCUT2D eigenvalue weighted by Crippen LogP contribution is 2.31. The number of rotatable bonds is 5. The van der Waals surface area contributed by atoms with E-state index >= 15 is 0 Å². The molecule has 16 heteroatoms. The van der Waals surface area contributed by atoms with Crippen molar-refractivity contribution in [3.8, 4) is 5.69 Å². The van der Waals surface area contributed by atoms with Gasteiger partial charge in [0.05, 0.1) is 18.8 Å². The third-order valence-electron chi connectivity index (χ3n) is 6.02. The molecule has 0 bridgehead atoms. The van der Waals surface area contributed by atoms with Crippen LogP contribution in [0.25, 0.3) is 16.7 Å². The quantitative estimate of drug-likeness (QED) is 0.317. The van der Waals surface area contributed by atoms with Crippen molar-refractivity contribution in [1.29, 1.82) is 0 Å². The Bertz CT molecular complexity index is 1580. The summed E-state index contributed by atoms with van der Waals surface area (Å²) in [7, 11) is 0. The molecule has 1 aliphatic rings. The van der Waals surface area contributed by atoms with E-state index in [1.807, 2.05) is 0 Å². The number of alkyl halides is 3. The van der Waals surface area contributed by atoms with Gasteiger partial charge in [-0.05, 0) is 25.1 Å². The summed E-state index contributed by atoms with van der Waals surface area (Å²) >= 11 is 0. The molecule has 2 unspecified atom stereocenters. The highest BCUT2D eigenvalue weighted by Gasteiger charge is 2.49. The van der Waals surface area contributed by atoms with Crippen LogP contribution in [0, 0.1) is 5.82 Å². The van der Waals surface area contributed by atoms with Gasteiger partial charge in [-0.2, -0.15) is 13.2 Å². The van der Waals surface area contributed by atoms with E-state index in [-0.39, 0.29) is 47.1 Å². The van der Waals surface area contributed by atoms with Crippen molar-refractivity contribution in [2.45, 2.75) is 24.8 Å². The second-order valence-electron chi connectivity index (χ2n) is 8.76. The molecule has 2 amide bonds. The first kappa shape index (κ1) is 26.1. The van der Waals surface area contributed by atoms with Crippen molar-refractivity contribution < 1.29 is 41.5 Å². The van der Waals surface area contributed by atoms with Gasteiger partial charge in [0.15, 0.2) is 28.9 Å². The van der Waals surface area contributed by atoms with E-state index in [2.05, 4.69) is 20.6 Å². The molecule has 2 atom stereocenters. The fraction of sp³-hybridized carbons (Fsp3) is 0.261. The van der Waals surface area contributed by atoms with E-state index in [9.17, 15) is 32.3 Å². The number of carbonyl (C=O) groups is 2. The van der Waals surface area contributed by atoms with Crippen molar-refractivity contribution in [3.63, 3.8) is 0 Å². The molecule has 12 nitrogen and oxygen atoms in total. The molecule has 0 saturated carbocycles. The molecule has 1 aromatic carbocycles. The summed E-state index contributed by atoms with van der Waals surface area (Å²) in [6.07, 6.45) is -4.03. The number of aromatic nitrogens is 4. The number of morpholine rings is 1. The Hall–Kier alpha value is -4.57. The summed E-state index contributed by atoms with van der Waals surface area (Å²) in [4.78, 5) is 30.6. The maximum absolute atomic E-state index is 14.4. The summed E-state index contributed by atoms with van der Waals surface area (Å²) in [5.41, 5.74) is 1.89. The molecule has 204 valence electrons. The summed E-state index contributed by atoms with van der Waals surface area (Å²) < 4.78 is 64.9. The van der Waals surface area contributed by atoms with Crippen LogP contribution >= 0.6 is 0 Å². The number of amides is 2. The largest absolute Gasteiger partial charge is 0.433 e. The van der Waals surface area contributed by atoms with Crippen LogP contribution in [0.5, 0.6) is 0 Å². The van der Waals surface area contributed by atoms with Gasteiger partial charge in [0.1, 0.15) is 16.9 Å². The number of nitrogens with one attached hydrogen (secondary N) is 1. The molecule has 1 saturated heterocycles. The lowest BCUT2D eigenvalue weighted by molar-refractivity contribution is -0.165. The number of fused-ring (bicyclic) bond motifs is 1. The molecule has 1 aliphatic heterocycles. The van der Waals surface area contributed by atoms with E-state index < -0.39 is 41.2 Å². The van der Waals surface area contributed by atoms with Crippen molar-refractivity contribution in [2.24, 2.45) is 0 Å². The van der Waals surface area contributed by atoms with Crippen molar-refractivity contribution >= 4 is 40.1 Å². The van der Waals surface area contributed by atoms with Gasteiger partial charge < -0.3 is 25.4 Å². The predicted octanol–water partition coefficient (Wildman–Crippen LogP) is 2.27. The Morgan fingerprint density at radius 1 is 1.26 bits per heavy atom. The van der Waals surface area contributed by atoms with Crippen LogP contribution in [-0.2, 0) is 20.5 Å². The van der Waals surface area contributed by atoms with E-state index in [4.69, 9.17) is 15.0 Å². The second kappa shape index (κ2) is 9.32. The number of halogens is 4. The minimum absolute atomic E-state index is 0.0109. The predicted molar refractivity (Wildman–Crippen MR) is 126 cm³/mol. The first-order valence-corrected chi connectivity index (χ1v) is 11.3. The average Bonchev–Trinajstić information content (AvgIpc) is 3.51. The van der Waals surface area contributed by atoms with E-state index in [1.165, 1.54) is 24.4 Å². The number of hydrogen-bond acceptors (Lipinski definition) is 9. The number of nitrogens with zero attached hydrogens (tertiary/aromatic N) is 5.